The van der Waals surface area contributed by atoms with Crippen LogP contribution in [0, 0.1) is 0 Å². The lowest BCUT2D eigenvalue weighted by Crippen LogP contribution is -2.39. The smallest absolute Gasteiger partial charge is 0.261 e. The van der Waals surface area contributed by atoms with Crippen molar-refractivity contribution < 1.29 is 14.3 Å². The van der Waals surface area contributed by atoms with E-state index in [4.69, 9.17) is 21.1 Å². The molecule has 122 valence electrons. The predicted octanol–water partition coefficient (Wildman–Crippen LogP) is 3.69. The van der Waals surface area contributed by atoms with Crippen molar-refractivity contribution >= 4 is 17.5 Å². The van der Waals surface area contributed by atoms with Crippen LogP contribution in [0.1, 0.15) is 13.3 Å². The first-order valence-electron chi connectivity index (χ1n) is 7.57. The zero-order chi connectivity index (χ0) is 16.5. The second-order valence-electron chi connectivity index (χ2n) is 4.92. The highest BCUT2D eigenvalue weighted by molar-refractivity contribution is 6.30. The average molecular weight is 334 g/mol. The molecule has 0 radical (unpaired) electrons. The Morgan fingerprint density at radius 3 is 2.43 bits per heavy atom. The van der Waals surface area contributed by atoms with Gasteiger partial charge in [-0.2, -0.15) is 0 Å². The molecule has 0 spiro atoms. The van der Waals surface area contributed by atoms with E-state index in [9.17, 15) is 4.79 Å². The van der Waals surface area contributed by atoms with Gasteiger partial charge in [0, 0.05) is 5.02 Å². The Bertz CT molecular complexity index is 601. The SMILES string of the molecule is CC[C@@H](Oc1ccc(Cl)cc1)C(=O)NCCOc1ccccc1. The highest BCUT2D eigenvalue weighted by atomic mass is 35.5. The molecule has 0 saturated carbocycles. The van der Waals surface area contributed by atoms with Crippen LogP contribution in [0.15, 0.2) is 54.6 Å². The van der Waals surface area contributed by atoms with Crippen molar-refractivity contribution in [1.29, 1.82) is 0 Å². The Labute approximate surface area is 141 Å². The summed E-state index contributed by atoms with van der Waals surface area (Å²) in [6.07, 6.45) is 0.0430. The monoisotopic (exact) mass is 333 g/mol. The number of benzene rings is 2. The Kier molecular flexibility index (Phi) is 6.76. The Hall–Kier alpha value is -2.20. The second kappa shape index (κ2) is 9.06. The van der Waals surface area contributed by atoms with Gasteiger partial charge in [-0.1, -0.05) is 36.7 Å². The van der Waals surface area contributed by atoms with Crippen LogP contribution in [0.25, 0.3) is 0 Å². The third-order valence-corrected chi connectivity index (χ3v) is 3.42. The Balaban J connectivity index is 1.75. The largest absolute Gasteiger partial charge is 0.492 e. The van der Waals surface area contributed by atoms with Crippen molar-refractivity contribution in [1.82, 2.24) is 5.32 Å². The first kappa shape index (κ1) is 17.2. The summed E-state index contributed by atoms with van der Waals surface area (Å²) in [6, 6.07) is 16.4. The maximum Gasteiger partial charge on any atom is 0.261 e. The number of ether oxygens (including phenoxy) is 2. The Morgan fingerprint density at radius 1 is 1.09 bits per heavy atom. The van der Waals surface area contributed by atoms with Crippen LogP contribution in [-0.2, 0) is 4.79 Å². The van der Waals surface area contributed by atoms with Crippen molar-refractivity contribution in [3.63, 3.8) is 0 Å². The first-order chi connectivity index (χ1) is 11.2. The van der Waals surface area contributed by atoms with Gasteiger partial charge in [-0.3, -0.25) is 4.79 Å². The van der Waals surface area contributed by atoms with E-state index in [2.05, 4.69) is 5.32 Å². The number of hydrogen-bond donors (Lipinski definition) is 1. The molecule has 0 heterocycles. The normalized spacial score (nSPS) is 11.6. The fraction of sp³-hybridized carbons (Fsp3) is 0.278. The number of carbonyl (C=O) groups excluding carboxylic acids is 1. The topological polar surface area (TPSA) is 47.6 Å². The van der Waals surface area contributed by atoms with E-state index in [1.54, 1.807) is 24.3 Å². The van der Waals surface area contributed by atoms with Crippen molar-refractivity contribution in [3.8, 4) is 11.5 Å². The van der Waals surface area contributed by atoms with E-state index in [0.29, 0.717) is 30.3 Å². The summed E-state index contributed by atoms with van der Waals surface area (Å²) in [5.41, 5.74) is 0. The Morgan fingerprint density at radius 2 is 1.78 bits per heavy atom. The number of nitrogens with one attached hydrogen (secondary N) is 1. The van der Waals surface area contributed by atoms with Gasteiger partial charge in [-0.05, 0) is 42.8 Å². The highest BCUT2D eigenvalue weighted by Crippen LogP contribution is 2.17. The summed E-state index contributed by atoms with van der Waals surface area (Å²) in [5.74, 6) is 1.25. The number of hydrogen-bond acceptors (Lipinski definition) is 3. The third kappa shape index (κ3) is 5.83. The van der Waals surface area contributed by atoms with Gasteiger partial charge in [-0.15, -0.1) is 0 Å². The van der Waals surface area contributed by atoms with Crippen molar-refractivity contribution in [2.24, 2.45) is 0 Å². The van der Waals surface area contributed by atoms with Gasteiger partial charge in [0.25, 0.3) is 5.91 Å². The van der Waals surface area contributed by atoms with Crippen LogP contribution in [0.3, 0.4) is 0 Å². The number of carbonyl (C=O) groups is 1. The molecule has 5 heteroatoms. The molecule has 0 saturated heterocycles. The number of rotatable bonds is 8. The predicted molar refractivity (Wildman–Crippen MR) is 91.1 cm³/mol. The highest BCUT2D eigenvalue weighted by Gasteiger charge is 2.17. The molecule has 0 unspecified atom stereocenters. The molecule has 2 aromatic carbocycles. The van der Waals surface area contributed by atoms with Gasteiger partial charge < -0.3 is 14.8 Å². The fourth-order valence-electron chi connectivity index (χ4n) is 1.97. The molecule has 0 aliphatic rings. The van der Waals surface area contributed by atoms with Gasteiger partial charge in [0.15, 0.2) is 6.10 Å². The number of para-hydroxylation sites is 1. The first-order valence-corrected chi connectivity index (χ1v) is 7.94. The zero-order valence-electron chi connectivity index (χ0n) is 13.0. The maximum atomic E-state index is 12.1. The molecule has 1 N–H and O–H groups in total. The molecular formula is C18H20ClNO3. The molecule has 23 heavy (non-hydrogen) atoms. The van der Waals surface area contributed by atoms with Crippen molar-refractivity contribution in [2.45, 2.75) is 19.4 Å². The fourth-order valence-corrected chi connectivity index (χ4v) is 2.10. The summed E-state index contributed by atoms with van der Waals surface area (Å²) in [7, 11) is 0. The molecule has 2 rings (SSSR count). The van der Waals surface area contributed by atoms with Crippen LogP contribution in [0.4, 0.5) is 0 Å². The van der Waals surface area contributed by atoms with E-state index in [0.717, 1.165) is 5.75 Å². The van der Waals surface area contributed by atoms with Crippen LogP contribution in [-0.4, -0.2) is 25.2 Å². The molecule has 0 aromatic heterocycles. The van der Waals surface area contributed by atoms with Crippen LogP contribution in [0.5, 0.6) is 11.5 Å². The lowest BCUT2D eigenvalue weighted by molar-refractivity contribution is -0.128. The van der Waals surface area contributed by atoms with E-state index in [1.165, 1.54) is 0 Å². The minimum atomic E-state index is -0.534. The standard InChI is InChI=1S/C18H20ClNO3/c1-2-17(23-16-10-8-14(19)9-11-16)18(21)20-12-13-22-15-6-4-3-5-7-15/h3-11,17H,2,12-13H2,1H3,(H,20,21)/t17-/m1/s1. The van der Waals surface area contributed by atoms with E-state index >= 15 is 0 Å². The lowest BCUT2D eigenvalue weighted by Gasteiger charge is -2.17. The minimum absolute atomic E-state index is 0.154. The molecule has 4 nitrogen and oxygen atoms in total. The summed E-state index contributed by atoms with van der Waals surface area (Å²) in [4.78, 5) is 12.1. The minimum Gasteiger partial charge on any atom is -0.492 e. The molecule has 0 aliphatic heterocycles. The summed E-state index contributed by atoms with van der Waals surface area (Å²) in [5, 5.41) is 3.45. The number of halogens is 1. The third-order valence-electron chi connectivity index (χ3n) is 3.17. The van der Waals surface area contributed by atoms with Crippen LogP contribution >= 0.6 is 11.6 Å². The summed E-state index contributed by atoms with van der Waals surface area (Å²) < 4.78 is 11.2. The van der Waals surface area contributed by atoms with Gasteiger partial charge in [0.05, 0.1) is 6.54 Å². The van der Waals surface area contributed by atoms with Gasteiger partial charge >= 0.3 is 0 Å². The van der Waals surface area contributed by atoms with Gasteiger partial charge in [-0.25, -0.2) is 0 Å². The molecule has 0 bridgehead atoms. The van der Waals surface area contributed by atoms with E-state index < -0.39 is 6.10 Å². The van der Waals surface area contributed by atoms with Crippen molar-refractivity contribution in [3.05, 3.63) is 59.6 Å². The van der Waals surface area contributed by atoms with Crippen LogP contribution < -0.4 is 14.8 Å². The molecule has 1 atom stereocenters. The molecule has 0 aliphatic carbocycles. The summed E-state index contributed by atoms with van der Waals surface area (Å²) >= 11 is 5.83. The number of amides is 1. The molecule has 1 amide bonds. The van der Waals surface area contributed by atoms with Gasteiger partial charge in [0.2, 0.25) is 0 Å². The maximum absolute atomic E-state index is 12.1. The van der Waals surface area contributed by atoms with Crippen molar-refractivity contribution in [2.75, 3.05) is 13.2 Å². The molecule has 2 aromatic rings. The van der Waals surface area contributed by atoms with Gasteiger partial charge in [0.1, 0.15) is 18.1 Å². The molecular weight excluding hydrogens is 314 g/mol. The van der Waals surface area contributed by atoms with E-state index in [-0.39, 0.29) is 5.91 Å². The quantitative estimate of drug-likeness (QED) is 0.749. The average Bonchev–Trinajstić information content (AvgIpc) is 2.59. The zero-order valence-corrected chi connectivity index (χ0v) is 13.8. The lowest BCUT2D eigenvalue weighted by atomic mass is 10.2. The van der Waals surface area contributed by atoms with E-state index in [1.807, 2.05) is 37.3 Å². The second-order valence-corrected chi connectivity index (χ2v) is 5.36. The van der Waals surface area contributed by atoms with Crippen LogP contribution in [0.2, 0.25) is 5.02 Å². The summed E-state index contributed by atoms with van der Waals surface area (Å²) in [6.45, 7) is 2.74. The molecule has 0 fully saturated rings.